The fourth-order valence-electron chi connectivity index (χ4n) is 2.85. The van der Waals surface area contributed by atoms with Gasteiger partial charge in [0.2, 0.25) is 0 Å². The zero-order valence-electron chi connectivity index (χ0n) is 9.94. The molecule has 1 unspecified atom stereocenters. The Balaban J connectivity index is 2.21. The van der Waals surface area contributed by atoms with Gasteiger partial charge in [0, 0.05) is 36.0 Å². The monoisotopic (exact) mass is 225 g/mol. The maximum absolute atomic E-state index is 11.5. The minimum atomic E-state index is -0.0229. The predicted molar refractivity (Wildman–Crippen MR) is 68.0 cm³/mol. The molecule has 86 valence electrons. The van der Waals surface area contributed by atoms with Crippen LogP contribution in [0.3, 0.4) is 0 Å². The van der Waals surface area contributed by atoms with E-state index in [2.05, 4.69) is 24.0 Å². The molecule has 0 aliphatic heterocycles. The van der Waals surface area contributed by atoms with Gasteiger partial charge in [0.05, 0.1) is 0 Å². The molecule has 0 bridgehead atoms. The molecule has 0 N–H and O–H groups in total. The van der Waals surface area contributed by atoms with Gasteiger partial charge in [0.1, 0.15) is 5.78 Å². The van der Waals surface area contributed by atoms with Crippen molar-refractivity contribution in [2.75, 3.05) is 0 Å². The van der Waals surface area contributed by atoms with E-state index in [9.17, 15) is 4.79 Å². The Hall–Kier alpha value is -1.70. The number of hydrogen-bond acceptors (Lipinski definition) is 2. The van der Waals surface area contributed by atoms with E-state index in [4.69, 9.17) is 0 Å². The number of carbonyl (C=O) groups excluding carboxylic acids is 1. The number of nitrogens with zero attached hydrogens (tertiary/aromatic N) is 1. The second-order valence-corrected chi connectivity index (χ2v) is 5.18. The molecule has 0 amide bonds. The molecule has 1 atom stereocenters. The summed E-state index contributed by atoms with van der Waals surface area (Å²) in [7, 11) is 0. The summed E-state index contributed by atoms with van der Waals surface area (Å²) >= 11 is 0. The third kappa shape index (κ3) is 1.64. The van der Waals surface area contributed by atoms with Gasteiger partial charge >= 0.3 is 0 Å². The van der Waals surface area contributed by atoms with E-state index in [0.29, 0.717) is 18.6 Å². The van der Waals surface area contributed by atoms with Gasteiger partial charge in [-0.1, -0.05) is 31.2 Å². The standard InChI is InChI=1S/C15H15NO/c1-15(7-6-12(17)8-15)14-10-16-9-11-4-2-3-5-13(11)14/h2-5,9-10H,6-8H2,1H3. The summed E-state index contributed by atoms with van der Waals surface area (Å²) in [5, 5.41) is 2.39. The van der Waals surface area contributed by atoms with E-state index in [-0.39, 0.29) is 5.41 Å². The normalized spacial score (nSPS) is 24.4. The molecule has 3 rings (SSSR count). The van der Waals surface area contributed by atoms with Gasteiger partial charge in [0.15, 0.2) is 0 Å². The quantitative estimate of drug-likeness (QED) is 0.745. The molecule has 2 nitrogen and oxygen atoms in total. The molecule has 1 saturated carbocycles. The SMILES string of the molecule is CC1(c2cncc3ccccc23)CCC(=O)C1. The van der Waals surface area contributed by atoms with E-state index >= 15 is 0 Å². The zero-order chi connectivity index (χ0) is 11.9. The van der Waals surface area contributed by atoms with Crippen LogP contribution in [-0.2, 0) is 10.2 Å². The van der Waals surface area contributed by atoms with Gasteiger partial charge < -0.3 is 0 Å². The van der Waals surface area contributed by atoms with Crippen molar-refractivity contribution < 1.29 is 4.79 Å². The van der Waals surface area contributed by atoms with Crippen LogP contribution in [0.1, 0.15) is 31.7 Å². The van der Waals surface area contributed by atoms with Crippen molar-refractivity contribution >= 4 is 16.6 Å². The summed E-state index contributed by atoms with van der Waals surface area (Å²) in [4.78, 5) is 15.9. The zero-order valence-corrected chi connectivity index (χ0v) is 9.94. The topological polar surface area (TPSA) is 30.0 Å². The van der Waals surface area contributed by atoms with Crippen molar-refractivity contribution in [1.82, 2.24) is 4.98 Å². The van der Waals surface area contributed by atoms with Crippen LogP contribution >= 0.6 is 0 Å². The number of Topliss-reactive ketones (excluding diaryl/α,β-unsaturated/α-hetero) is 1. The van der Waals surface area contributed by atoms with E-state index in [1.54, 1.807) is 0 Å². The van der Waals surface area contributed by atoms with Crippen molar-refractivity contribution in [1.29, 1.82) is 0 Å². The second-order valence-electron chi connectivity index (χ2n) is 5.18. The lowest BCUT2D eigenvalue weighted by Gasteiger charge is -2.24. The maximum Gasteiger partial charge on any atom is 0.133 e. The predicted octanol–water partition coefficient (Wildman–Crippen LogP) is 3.25. The number of aromatic nitrogens is 1. The van der Waals surface area contributed by atoms with Crippen LogP contribution in [0.4, 0.5) is 0 Å². The number of pyridine rings is 1. The molecule has 1 aliphatic rings. The summed E-state index contributed by atoms with van der Waals surface area (Å²) in [6, 6.07) is 8.27. The number of rotatable bonds is 1. The molecular formula is C15H15NO. The van der Waals surface area contributed by atoms with Gasteiger partial charge in [-0.15, -0.1) is 0 Å². The Morgan fingerprint density at radius 1 is 1.24 bits per heavy atom. The van der Waals surface area contributed by atoms with E-state index in [0.717, 1.165) is 11.8 Å². The summed E-state index contributed by atoms with van der Waals surface area (Å²) < 4.78 is 0. The molecule has 2 heteroatoms. The Kier molecular flexibility index (Phi) is 2.25. The fraction of sp³-hybridized carbons (Fsp3) is 0.333. The molecule has 17 heavy (non-hydrogen) atoms. The van der Waals surface area contributed by atoms with Crippen LogP contribution in [0.5, 0.6) is 0 Å². The molecule has 1 heterocycles. The molecule has 0 spiro atoms. The molecule has 1 aromatic heterocycles. The van der Waals surface area contributed by atoms with Crippen LogP contribution in [0, 0.1) is 0 Å². The van der Waals surface area contributed by atoms with Crippen LogP contribution < -0.4 is 0 Å². The number of carbonyl (C=O) groups is 1. The highest BCUT2D eigenvalue weighted by Gasteiger charge is 2.36. The molecule has 1 aromatic carbocycles. The first-order chi connectivity index (χ1) is 8.19. The van der Waals surface area contributed by atoms with Crippen molar-refractivity contribution in [3.63, 3.8) is 0 Å². The smallest absolute Gasteiger partial charge is 0.133 e. The average molecular weight is 225 g/mol. The maximum atomic E-state index is 11.5. The number of ketones is 1. The first kappa shape index (κ1) is 10.5. The van der Waals surface area contributed by atoms with Crippen LogP contribution in [0.25, 0.3) is 10.8 Å². The number of fused-ring (bicyclic) bond motifs is 1. The molecule has 0 radical (unpaired) electrons. The Bertz CT molecular complexity index is 585. The van der Waals surface area contributed by atoms with E-state index in [1.165, 1.54) is 10.9 Å². The lowest BCUT2D eigenvalue weighted by Crippen LogP contribution is -2.18. The minimum absolute atomic E-state index is 0.0229. The minimum Gasteiger partial charge on any atom is -0.300 e. The van der Waals surface area contributed by atoms with Gasteiger partial charge in [-0.05, 0) is 17.4 Å². The van der Waals surface area contributed by atoms with Crippen molar-refractivity contribution in [2.24, 2.45) is 0 Å². The molecular weight excluding hydrogens is 210 g/mol. The van der Waals surface area contributed by atoms with Gasteiger partial charge in [-0.2, -0.15) is 0 Å². The highest BCUT2D eigenvalue weighted by Crippen LogP contribution is 2.41. The molecule has 0 saturated heterocycles. The van der Waals surface area contributed by atoms with Gasteiger partial charge in [-0.3, -0.25) is 9.78 Å². The average Bonchev–Trinajstić information content (AvgIpc) is 2.70. The summed E-state index contributed by atoms with van der Waals surface area (Å²) in [5.41, 5.74) is 1.20. The molecule has 1 fully saturated rings. The Labute approximate surface area is 101 Å². The number of benzene rings is 1. The molecule has 2 aromatic rings. The van der Waals surface area contributed by atoms with Crippen LogP contribution in [0.2, 0.25) is 0 Å². The van der Waals surface area contributed by atoms with Crippen molar-refractivity contribution in [3.8, 4) is 0 Å². The van der Waals surface area contributed by atoms with Crippen LogP contribution in [-0.4, -0.2) is 10.8 Å². The summed E-state index contributed by atoms with van der Waals surface area (Å²) in [5.74, 6) is 0.375. The van der Waals surface area contributed by atoms with Gasteiger partial charge in [0.25, 0.3) is 0 Å². The number of hydrogen-bond donors (Lipinski definition) is 0. The van der Waals surface area contributed by atoms with Crippen LogP contribution in [0.15, 0.2) is 36.7 Å². The third-order valence-electron chi connectivity index (χ3n) is 3.86. The van der Waals surface area contributed by atoms with E-state index < -0.39 is 0 Å². The largest absolute Gasteiger partial charge is 0.300 e. The first-order valence-corrected chi connectivity index (χ1v) is 6.04. The highest BCUT2D eigenvalue weighted by atomic mass is 16.1. The Morgan fingerprint density at radius 2 is 2.06 bits per heavy atom. The first-order valence-electron chi connectivity index (χ1n) is 6.04. The lowest BCUT2D eigenvalue weighted by molar-refractivity contribution is -0.117. The van der Waals surface area contributed by atoms with Crippen molar-refractivity contribution in [2.45, 2.75) is 31.6 Å². The second kappa shape index (κ2) is 3.66. The lowest BCUT2D eigenvalue weighted by atomic mass is 9.79. The fourth-order valence-corrected chi connectivity index (χ4v) is 2.85. The van der Waals surface area contributed by atoms with Crippen molar-refractivity contribution in [3.05, 3.63) is 42.2 Å². The summed E-state index contributed by atoms with van der Waals surface area (Å²) in [6.45, 7) is 2.18. The summed E-state index contributed by atoms with van der Waals surface area (Å²) in [6.07, 6.45) is 6.13. The highest BCUT2D eigenvalue weighted by molar-refractivity contribution is 5.89. The Morgan fingerprint density at radius 3 is 2.82 bits per heavy atom. The van der Waals surface area contributed by atoms with E-state index in [1.807, 2.05) is 24.5 Å². The third-order valence-corrected chi connectivity index (χ3v) is 3.86. The molecule has 1 aliphatic carbocycles. The van der Waals surface area contributed by atoms with Gasteiger partial charge in [-0.25, -0.2) is 0 Å².